The molecule has 4 nitrogen and oxygen atoms in total. The third-order valence-electron chi connectivity index (χ3n) is 3.24. The number of carbonyl (C=O) groups excluding carboxylic acids is 1. The quantitative estimate of drug-likeness (QED) is 0.868. The van der Waals surface area contributed by atoms with E-state index in [-0.39, 0.29) is 36.7 Å². The first kappa shape index (κ1) is 18.6. The lowest BCUT2D eigenvalue weighted by atomic mass is 10.1. The van der Waals surface area contributed by atoms with E-state index in [0.29, 0.717) is 6.42 Å². The standard InChI is InChI=1S/C14H17F3N2O2.ClH/c15-14(16,17)21-12-5-3-10(4-6-12)9-19-13(20)8-11-2-1-7-18-11;/h3-6,11,18H,1-2,7-9H2,(H,19,20);1H. The highest BCUT2D eigenvalue weighted by atomic mass is 35.5. The molecule has 0 bridgehead atoms. The highest BCUT2D eigenvalue weighted by Crippen LogP contribution is 2.22. The van der Waals surface area contributed by atoms with Crippen molar-refractivity contribution in [3.63, 3.8) is 0 Å². The zero-order valence-corrected chi connectivity index (χ0v) is 12.6. The van der Waals surface area contributed by atoms with Crippen LogP contribution in [0.2, 0.25) is 0 Å². The monoisotopic (exact) mass is 338 g/mol. The summed E-state index contributed by atoms with van der Waals surface area (Å²) in [6, 6.07) is 5.68. The van der Waals surface area contributed by atoms with E-state index in [4.69, 9.17) is 0 Å². The van der Waals surface area contributed by atoms with Crippen LogP contribution in [0.1, 0.15) is 24.8 Å². The minimum absolute atomic E-state index is 0. The number of benzene rings is 1. The second kappa shape index (κ2) is 8.24. The lowest BCUT2D eigenvalue weighted by Crippen LogP contribution is -2.31. The zero-order valence-electron chi connectivity index (χ0n) is 11.8. The Kier molecular flexibility index (Phi) is 6.96. The molecule has 0 saturated carbocycles. The molecule has 1 aromatic carbocycles. The Morgan fingerprint density at radius 3 is 2.55 bits per heavy atom. The van der Waals surface area contributed by atoms with Crippen molar-refractivity contribution >= 4 is 18.3 Å². The van der Waals surface area contributed by atoms with Crippen molar-refractivity contribution < 1.29 is 22.7 Å². The average molecular weight is 339 g/mol. The van der Waals surface area contributed by atoms with Gasteiger partial charge >= 0.3 is 6.36 Å². The third kappa shape index (κ3) is 6.53. The van der Waals surface area contributed by atoms with Gasteiger partial charge in [0.05, 0.1) is 0 Å². The van der Waals surface area contributed by atoms with Gasteiger partial charge in [-0.25, -0.2) is 0 Å². The van der Waals surface area contributed by atoms with E-state index in [9.17, 15) is 18.0 Å². The van der Waals surface area contributed by atoms with Gasteiger partial charge < -0.3 is 15.4 Å². The predicted molar refractivity (Wildman–Crippen MR) is 77.9 cm³/mol. The Hall–Kier alpha value is -1.47. The molecule has 2 N–H and O–H groups in total. The van der Waals surface area contributed by atoms with Crippen molar-refractivity contribution in [3.05, 3.63) is 29.8 Å². The van der Waals surface area contributed by atoms with E-state index in [2.05, 4.69) is 15.4 Å². The largest absolute Gasteiger partial charge is 0.573 e. The molecule has 0 radical (unpaired) electrons. The van der Waals surface area contributed by atoms with Gasteiger partial charge in [-0.1, -0.05) is 12.1 Å². The molecule has 124 valence electrons. The van der Waals surface area contributed by atoms with E-state index < -0.39 is 6.36 Å². The number of amides is 1. The van der Waals surface area contributed by atoms with Crippen molar-refractivity contribution in [1.29, 1.82) is 0 Å². The maximum absolute atomic E-state index is 12.0. The Morgan fingerprint density at radius 1 is 1.32 bits per heavy atom. The van der Waals surface area contributed by atoms with Gasteiger partial charge in [-0.3, -0.25) is 4.79 Å². The number of rotatable bonds is 5. The number of hydrogen-bond acceptors (Lipinski definition) is 3. The van der Waals surface area contributed by atoms with Crippen LogP contribution in [0.4, 0.5) is 13.2 Å². The Balaban J connectivity index is 0.00000242. The summed E-state index contributed by atoms with van der Waals surface area (Å²) in [6.45, 7) is 1.23. The van der Waals surface area contributed by atoms with E-state index in [0.717, 1.165) is 24.9 Å². The van der Waals surface area contributed by atoms with Crippen molar-refractivity contribution in [1.82, 2.24) is 10.6 Å². The van der Waals surface area contributed by atoms with Gasteiger partial charge in [0, 0.05) is 19.0 Å². The van der Waals surface area contributed by atoms with Crippen LogP contribution < -0.4 is 15.4 Å². The first-order chi connectivity index (χ1) is 9.92. The molecule has 2 rings (SSSR count). The summed E-state index contributed by atoms with van der Waals surface area (Å²) in [6.07, 6.45) is -2.19. The van der Waals surface area contributed by atoms with Crippen LogP contribution in [0.3, 0.4) is 0 Å². The molecule has 22 heavy (non-hydrogen) atoms. The molecule has 1 fully saturated rings. The van der Waals surface area contributed by atoms with Crippen LogP contribution in [0.15, 0.2) is 24.3 Å². The molecule has 0 aromatic heterocycles. The van der Waals surface area contributed by atoms with E-state index in [1.54, 1.807) is 0 Å². The number of nitrogens with one attached hydrogen (secondary N) is 2. The van der Waals surface area contributed by atoms with Crippen LogP contribution >= 0.6 is 12.4 Å². The lowest BCUT2D eigenvalue weighted by molar-refractivity contribution is -0.274. The Bertz CT molecular complexity index is 474. The van der Waals surface area contributed by atoms with E-state index in [1.165, 1.54) is 24.3 Å². The number of ether oxygens (including phenoxy) is 1. The lowest BCUT2D eigenvalue weighted by Gasteiger charge is -2.11. The van der Waals surface area contributed by atoms with E-state index in [1.807, 2.05) is 0 Å². The summed E-state index contributed by atoms with van der Waals surface area (Å²) < 4.78 is 39.8. The SMILES string of the molecule is Cl.O=C(CC1CCCN1)NCc1ccc(OC(F)(F)F)cc1. The second-order valence-electron chi connectivity index (χ2n) is 4.97. The maximum atomic E-state index is 12.0. The van der Waals surface area contributed by atoms with Crippen LogP contribution in [-0.4, -0.2) is 24.9 Å². The van der Waals surface area contributed by atoms with Gasteiger partial charge in [-0.2, -0.15) is 0 Å². The third-order valence-corrected chi connectivity index (χ3v) is 3.24. The fourth-order valence-electron chi connectivity index (χ4n) is 2.24. The minimum Gasteiger partial charge on any atom is -0.406 e. The van der Waals surface area contributed by atoms with Gasteiger partial charge in [0.1, 0.15) is 5.75 Å². The molecule has 1 atom stereocenters. The molecule has 1 aliphatic rings. The van der Waals surface area contributed by atoms with Crippen LogP contribution in [0.5, 0.6) is 5.75 Å². The van der Waals surface area contributed by atoms with Gasteiger partial charge in [-0.05, 0) is 37.1 Å². The maximum Gasteiger partial charge on any atom is 0.573 e. The molecule has 0 spiro atoms. The molecular weight excluding hydrogens is 321 g/mol. The molecule has 1 saturated heterocycles. The van der Waals surface area contributed by atoms with Crippen molar-refractivity contribution in [2.75, 3.05) is 6.54 Å². The summed E-state index contributed by atoms with van der Waals surface area (Å²) in [5.41, 5.74) is 0.720. The number of alkyl halides is 3. The summed E-state index contributed by atoms with van der Waals surface area (Å²) in [5, 5.41) is 5.98. The number of hydrogen-bond donors (Lipinski definition) is 2. The molecule has 0 aliphatic carbocycles. The van der Waals surface area contributed by atoms with Crippen molar-refractivity contribution in [3.8, 4) is 5.75 Å². The van der Waals surface area contributed by atoms with Crippen molar-refractivity contribution in [2.24, 2.45) is 0 Å². The normalized spacial score (nSPS) is 17.7. The van der Waals surface area contributed by atoms with Crippen molar-refractivity contribution in [2.45, 2.75) is 38.2 Å². The van der Waals surface area contributed by atoms with E-state index >= 15 is 0 Å². The molecular formula is C14H18ClF3N2O2. The fraction of sp³-hybridized carbons (Fsp3) is 0.500. The van der Waals surface area contributed by atoms with Gasteiger partial charge in [0.25, 0.3) is 0 Å². The highest BCUT2D eigenvalue weighted by molar-refractivity contribution is 5.85. The summed E-state index contributed by atoms with van der Waals surface area (Å²) in [5.74, 6) is -0.335. The van der Waals surface area contributed by atoms with Crippen LogP contribution in [0.25, 0.3) is 0 Å². The summed E-state index contributed by atoms with van der Waals surface area (Å²) in [4.78, 5) is 11.7. The summed E-state index contributed by atoms with van der Waals surface area (Å²) in [7, 11) is 0. The fourth-order valence-corrected chi connectivity index (χ4v) is 2.24. The Morgan fingerprint density at radius 2 is 2.00 bits per heavy atom. The number of halogens is 4. The van der Waals surface area contributed by atoms with Crippen LogP contribution in [-0.2, 0) is 11.3 Å². The van der Waals surface area contributed by atoms with Gasteiger partial charge in [0.2, 0.25) is 5.91 Å². The zero-order chi connectivity index (χ0) is 15.3. The average Bonchev–Trinajstić information content (AvgIpc) is 2.89. The first-order valence-corrected chi connectivity index (χ1v) is 6.77. The highest BCUT2D eigenvalue weighted by Gasteiger charge is 2.30. The molecule has 1 unspecified atom stereocenters. The first-order valence-electron chi connectivity index (χ1n) is 6.77. The molecule has 1 amide bonds. The van der Waals surface area contributed by atoms with Gasteiger partial charge in [0.15, 0.2) is 0 Å². The molecule has 8 heteroatoms. The Labute approximate surface area is 132 Å². The smallest absolute Gasteiger partial charge is 0.406 e. The number of carbonyl (C=O) groups is 1. The molecule has 1 heterocycles. The minimum atomic E-state index is -4.69. The second-order valence-corrected chi connectivity index (χ2v) is 4.97. The summed E-state index contributed by atoms with van der Waals surface area (Å²) >= 11 is 0. The molecule has 1 aromatic rings. The van der Waals surface area contributed by atoms with Gasteiger partial charge in [-0.15, -0.1) is 25.6 Å². The predicted octanol–water partition coefficient (Wildman–Crippen LogP) is 2.77. The molecule has 1 aliphatic heterocycles. The van der Waals surface area contributed by atoms with Crippen LogP contribution in [0, 0.1) is 0 Å². The topological polar surface area (TPSA) is 50.4 Å².